The summed E-state index contributed by atoms with van der Waals surface area (Å²) in [6, 6.07) is 0. The van der Waals surface area contributed by atoms with Gasteiger partial charge in [0.2, 0.25) is 0 Å². The van der Waals surface area contributed by atoms with Gasteiger partial charge in [0.1, 0.15) is 11.6 Å². The number of carbonyl (C=O) groups excluding carboxylic acids is 2. The van der Waals surface area contributed by atoms with E-state index >= 15 is 0 Å². The molecule has 0 spiro atoms. The fourth-order valence-corrected chi connectivity index (χ4v) is 2.32. The van der Waals surface area contributed by atoms with Gasteiger partial charge in [-0.15, -0.1) is 0 Å². The summed E-state index contributed by atoms with van der Waals surface area (Å²) in [7, 11) is 0. The molecule has 1 saturated heterocycles. The molecular formula is C15H31N3O2. The van der Waals surface area contributed by atoms with E-state index in [0.717, 1.165) is 13.0 Å². The van der Waals surface area contributed by atoms with Crippen molar-refractivity contribution in [3.05, 3.63) is 0 Å². The highest BCUT2D eigenvalue weighted by atomic mass is 16.1. The molecule has 1 aliphatic heterocycles. The van der Waals surface area contributed by atoms with Crippen LogP contribution in [0.5, 0.6) is 0 Å². The number of hydrogen-bond acceptors (Lipinski definition) is 5. The number of ketones is 2. The van der Waals surface area contributed by atoms with E-state index < -0.39 is 11.1 Å². The van der Waals surface area contributed by atoms with Gasteiger partial charge in [0.25, 0.3) is 0 Å². The summed E-state index contributed by atoms with van der Waals surface area (Å²) in [6.45, 7) is 10.9. The average molecular weight is 285 g/mol. The molecule has 5 heteroatoms. The number of hydrogen-bond donors (Lipinski definition) is 3. The molecule has 1 heterocycles. The van der Waals surface area contributed by atoms with E-state index in [-0.39, 0.29) is 17.5 Å². The van der Waals surface area contributed by atoms with Crippen molar-refractivity contribution in [2.24, 2.45) is 17.4 Å². The van der Waals surface area contributed by atoms with Crippen LogP contribution in [0.25, 0.3) is 0 Å². The van der Waals surface area contributed by atoms with E-state index in [1.165, 1.54) is 0 Å². The highest BCUT2D eigenvalue weighted by Gasteiger charge is 2.54. The molecule has 0 radical (unpaired) electrons. The first-order chi connectivity index (χ1) is 9.20. The van der Waals surface area contributed by atoms with Gasteiger partial charge in [-0.3, -0.25) is 9.59 Å². The van der Waals surface area contributed by atoms with Gasteiger partial charge in [0, 0.05) is 30.8 Å². The Balaban J connectivity index is 0.000000387. The third kappa shape index (κ3) is 4.65. The lowest BCUT2D eigenvalue weighted by atomic mass is 9.76. The normalized spacial score (nSPS) is 31.7. The number of carbonyl (C=O) groups is 2. The lowest BCUT2D eigenvalue weighted by molar-refractivity contribution is -0.120. The van der Waals surface area contributed by atoms with Crippen LogP contribution in [0.4, 0.5) is 0 Å². The van der Waals surface area contributed by atoms with Crippen molar-refractivity contribution >= 4 is 11.6 Å². The minimum atomic E-state index is -0.484. The average Bonchev–Trinajstić information content (AvgIpc) is 2.61. The largest absolute Gasteiger partial charge is 0.323 e. The molecule has 2 rings (SSSR count). The zero-order chi connectivity index (χ0) is 16.0. The van der Waals surface area contributed by atoms with Crippen LogP contribution in [-0.4, -0.2) is 35.7 Å². The zero-order valence-electron chi connectivity index (χ0n) is 13.6. The zero-order valence-corrected chi connectivity index (χ0v) is 13.6. The topological polar surface area (TPSA) is 98.2 Å². The molecule has 0 aromatic heterocycles. The van der Waals surface area contributed by atoms with E-state index in [1.807, 2.05) is 27.7 Å². The first kappa shape index (κ1) is 19.2. The summed E-state index contributed by atoms with van der Waals surface area (Å²) in [4.78, 5) is 21.4. The molecule has 2 aliphatic rings. The van der Waals surface area contributed by atoms with Crippen LogP contribution >= 0.6 is 0 Å². The maximum atomic E-state index is 11.2. The highest BCUT2D eigenvalue weighted by molar-refractivity contribution is 5.85. The molecule has 1 saturated carbocycles. The predicted molar refractivity (Wildman–Crippen MR) is 82.4 cm³/mol. The Morgan fingerprint density at radius 3 is 2.05 bits per heavy atom. The molecule has 0 bridgehead atoms. The number of fused-ring (bicyclic) bond motifs is 1. The van der Waals surface area contributed by atoms with Crippen molar-refractivity contribution in [2.45, 2.75) is 65.0 Å². The Kier molecular flexibility index (Phi) is 7.55. The molecule has 0 amide bonds. The van der Waals surface area contributed by atoms with Crippen LogP contribution in [0, 0.1) is 5.92 Å². The summed E-state index contributed by atoms with van der Waals surface area (Å²) in [5, 5.41) is 3.19. The van der Waals surface area contributed by atoms with Crippen LogP contribution in [0.3, 0.4) is 0 Å². The molecule has 5 N–H and O–H groups in total. The quantitative estimate of drug-likeness (QED) is 0.667. The Bertz CT molecular complexity index is 322. The van der Waals surface area contributed by atoms with Gasteiger partial charge in [0.15, 0.2) is 0 Å². The molecule has 5 nitrogen and oxygen atoms in total. The van der Waals surface area contributed by atoms with E-state index in [2.05, 4.69) is 5.32 Å². The number of piperidine rings is 1. The third-order valence-corrected chi connectivity index (χ3v) is 4.02. The molecule has 118 valence electrons. The SMILES string of the molecule is CC.CC(=O)C(C)C.NC12CCNCC1(N)CC(=O)C2. The molecule has 0 aromatic carbocycles. The third-order valence-electron chi connectivity index (χ3n) is 4.02. The Morgan fingerprint density at radius 1 is 1.20 bits per heavy atom. The van der Waals surface area contributed by atoms with Crippen molar-refractivity contribution in [3.8, 4) is 0 Å². The lowest BCUT2D eigenvalue weighted by Crippen LogP contribution is -2.70. The summed E-state index contributed by atoms with van der Waals surface area (Å²) in [6.07, 6.45) is 1.72. The summed E-state index contributed by atoms with van der Waals surface area (Å²) in [5.41, 5.74) is 11.3. The van der Waals surface area contributed by atoms with Crippen LogP contribution in [-0.2, 0) is 9.59 Å². The maximum Gasteiger partial charge on any atom is 0.136 e. The van der Waals surface area contributed by atoms with Crippen molar-refractivity contribution < 1.29 is 9.59 Å². The molecule has 2 fully saturated rings. The van der Waals surface area contributed by atoms with E-state index in [0.29, 0.717) is 19.4 Å². The molecule has 2 atom stereocenters. The minimum Gasteiger partial charge on any atom is -0.323 e. The van der Waals surface area contributed by atoms with E-state index in [4.69, 9.17) is 11.5 Å². The van der Waals surface area contributed by atoms with E-state index in [1.54, 1.807) is 6.92 Å². The van der Waals surface area contributed by atoms with Crippen LogP contribution in [0.1, 0.15) is 53.9 Å². The maximum absolute atomic E-state index is 11.2. The van der Waals surface area contributed by atoms with Gasteiger partial charge in [-0.05, 0) is 19.9 Å². The first-order valence-corrected chi connectivity index (χ1v) is 7.51. The molecule has 2 unspecified atom stereocenters. The van der Waals surface area contributed by atoms with Crippen LogP contribution in [0.2, 0.25) is 0 Å². The second kappa shape index (κ2) is 7.86. The second-order valence-corrected chi connectivity index (χ2v) is 5.90. The van der Waals surface area contributed by atoms with Gasteiger partial charge in [-0.1, -0.05) is 27.7 Å². The van der Waals surface area contributed by atoms with Crippen molar-refractivity contribution in [1.82, 2.24) is 5.32 Å². The highest BCUT2D eigenvalue weighted by Crippen LogP contribution is 2.37. The van der Waals surface area contributed by atoms with Crippen molar-refractivity contribution in [3.63, 3.8) is 0 Å². The van der Waals surface area contributed by atoms with Crippen molar-refractivity contribution in [2.75, 3.05) is 13.1 Å². The summed E-state index contributed by atoms with van der Waals surface area (Å²) < 4.78 is 0. The summed E-state index contributed by atoms with van der Waals surface area (Å²) in [5.74, 6) is 0.684. The Morgan fingerprint density at radius 2 is 1.65 bits per heavy atom. The van der Waals surface area contributed by atoms with Gasteiger partial charge < -0.3 is 16.8 Å². The molecule has 0 aromatic rings. The summed E-state index contributed by atoms with van der Waals surface area (Å²) >= 11 is 0. The lowest BCUT2D eigenvalue weighted by Gasteiger charge is -2.44. The van der Waals surface area contributed by atoms with E-state index in [9.17, 15) is 9.59 Å². The van der Waals surface area contributed by atoms with Gasteiger partial charge >= 0.3 is 0 Å². The minimum absolute atomic E-state index is 0.212. The molecule has 1 aliphatic carbocycles. The van der Waals surface area contributed by atoms with Crippen LogP contribution in [0.15, 0.2) is 0 Å². The van der Waals surface area contributed by atoms with Gasteiger partial charge in [-0.25, -0.2) is 0 Å². The number of rotatable bonds is 1. The predicted octanol–water partition coefficient (Wildman–Crippen LogP) is 0.995. The Labute approximate surface area is 122 Å². The number of nitrogens with one attached hydrogen (secondary N) is 1. The second-order valence-electron chi connectivity index (χ2n) is 5.90. The van der Waals surface area contributed by atoms with Gasteiger partial charge in [0.05, 0.1) is 5.54 Å². The standard InChI is InChI=1S/C8H15N3O.C5H10O.C2H6/c9-7-1-2-11-5-8(7,10)4-6(12)3-7;1-4(2)5(3)6;1-2/h11H,1-5,9-10H2;4H,1-3H3;1-2H3. The monoisotopic (exact) mass is 285 g/mol. The van der Waals surface area contributed by atoms with Crippen LogP contribution < -0.4 is 16.8 Å². The molecule has 20 heavy (non-hydrogen) atoms. The number of nitrogens with two attached hydrogens (primary N) is 2. The Hall–Kier alpha value is -0.780. The van der Waals surface area contributed by atoms with Gasteiger partial charge in [-0.2, -0.15) is 0 Å². The smallest absolute Gasteiger partial charge is 0.136 e. The fourth-order valence-electron chi connectivity index (χ4n) is 2.32. The first-order valence-electron chi connectivity index (χ1n) is 7.51. The molecular weight excluding hydrogens is 254 g/mol. The number of Topliss-reactive ketones (excluding diaryl/α,β-unsaturated/α-hetero) is 2. The fraction of sp³-hybridized carbons (Fsp3) is 0.867. The van der Waals surface area contributed by atoms with Crippen molar-refractivity contribution in [1.29, 1.82) is 0 Å².